The van der Waals surface area contributed by atoms with Crippen molar-refractivity contribution < 1.29 is 4.92 Å². The number of nitrogens with one attached hydrogen (secondary N) is 1. The topological polar surface area (TPSA) is 71.3 Å². The van der Waals surface area contributed by atoms with E-state index in [0.717, 1.165) is 19.5 Å². The van der Waals surface area contributed by atoms with Crippen molar-refractivity contribution >= 4 is 11.5 Å². The average molecular weight is 312 g/mol. The van der Waals surface area contributed by atoms with E-state index in [1.165, 1.54) is 17.8 Å². The number of rotatable bonds is 5. The molecule has 3 rings (SSSR count). The van der Waals surface area contributed by atoms with Gasteiger partial charge in [-0.1, -0.05) is 30.3 Å². The lowest BCUT2D eigenvalue weighted by molar-refractivity contribution is -0.385. The van der Waals surface area contributed by atoms with Crippen molar-refractivity contribution in [3.8, 4) is 0 Å². The van der Waals surface area contributed by atoms with Crippen LogP contribution >= 0.6 is 0 Å². The molecule has 1 aliphatic rings. The number of benzene rings is 1. The van der Waals surface area contributed by atoms with E-state index >= 15 is 0 Å². The van der Waals surface area contributed by atoms with Gasteiger partial charge in [-0.05, 0) is 25.0 Å². The molecule has 2 heterocycles. The monoisotopic (exact) mass is 312 g/mol. The van der Waals surface area contributed by atoms with E-state index in [1.54, 1.807) is 6.07 Å². The largest absolute Gasteiger partial charge is 0.366 e. The molecule has 1 aromatic heterocycles. The second-order valence-electron chi connectivity index (χ2n) is 5.87. The first kappa shape index (κ1) is 15.4. The summed E-state index contributed by atoms with van der Waals surface area (Å²) in [5.41, 5.74) is 1.34. The van der Waals surface area contributed by atoms with Crippen molar-refractivity contribution in [1.29, 1.82) is 0 Å². The molecular weight excluding hydrogens is 292 g/mol. The summed E-state index contributed by atoms with van der Waals surface area (Å²) in [6.45, 7) is 4.19. The molecule has 1 N–H and O–H groups in total. The third-order valence-electron chi connectivity index (χ3n) is 4.36. The molecular formula is C17H20N4O2. The maximum atomic E-state index is 10.6. The number of nitro groups is 1. The third kappa shape index (κ3) is 3.65. The number of nitrogens with zero attached hydrogens (tertiary/aromatic N) is 3. The first-order chi connectivity index (χ1) is 11.1. The zero-order chi connectivity index (χ0) is 16.2. The Kier molecular flexibility index (Phi) is 4.52. The van der Waals surface area contributed by atoms with Crippen molar-refractivity contribution in [2.75, 3.05) is 18.4 Å². The fraction of sp³-hybridized carbons (Fsp3) is 0.353. The molecule has 0 aliphatic carbocycles. The van der Waals surface area contributed by atoms with Crippen molar-refractivity contribution in [2.24, 2.45) is 0 Å². The first-order valence-corrected chi connectivity index (χ1v) is 7.79. The van der Waals surface area contributed by atoms with Gasteiger partial charge in [0.25, 0.3) is 5.69 Å². The molecule has 1 fully saturated rings. The van der Waals surface area contributed by atoms with Crippen LogP contribution in [0.5, 0.6) is 0 Å². The normalized spacial score (nSPS) is 19.4. The van der Waals surface area contributed by atoms with Crippen LogP contribution in [0.3, 0.4) is 0 Å². The number of anilines is 1. The Bertz CT molecular complexity index is 660. The van der Waals surface area contributed by atoms with Gasteiger partial charge in [-0.25, -0.2) is 4.98 Å². The Balaban J connectivity index is 1.58. The fourth-order valence-corrected chi connectivity index (χ4v) is 2.99. The van der Waals surface area contributed by atoms with Gasteiger partial charge < -0.3 is 5.32 Å². The Labute approximate surface area is 135 Å². The Morgan fingerprint density at radius 3 is 2.74 bits per heavy atom. The van der Waals surface area contributed by atoms with Crippen molar-refractivity contribution in [3.05, 3.63) is 64.3 Å². The zero-order valence-electron chi connectivity index (χ0n) is 13.1. The van der Waals surface area contributed by atoms with Gasteiger partial charge in [0.1, 0.15) is 12.0 Å². The number of aromatic nitrogens is 1. The highest BCUT2D eigenvalue weighted by Crippen LogP contribution is 2.25. The molecule has 2 aromatic rings. The lowest BCUT2D eigenvalue weighted by atomic mass is 10.1. The van der Waals surface area contributed by atoms with Crippen molar-refractivity contribution in [2.45, 2.75) is 25.4 Å². The lowest BCUT2D eigenvalue weighted by Crippen LogP contribution is -2.28. The van der Waals surface area contributed by atoms with E-state index in [9.17, 15) is 10.1 Å². The molecule has 0 saturated carbocycles. The maximum Gasteiger partial charge on any atom is 0.287 e. The Hall–Kier alpha value is -2.47. The SMILES string of the molecule is CC(c1ccccc1)N1CCC(Nc2ccc([N+](=O)[O-])cn2)C1. The standard InChI is InChI=1S/C17H20N4O2/c1-13(14-5-3-2-4-6-14)20-10-9-15(12-20)19-17-8-7-16(11-18-17)21(22)23/h2-8,11,13,15H,9-10,12H2,1H3,(H,18,19). The number of likely N-dealkylation sites (tertiary alicyclic amines) is 1. The van der Waals surface area contributed by atoms with Crippen molar-refractivity contribution in [3.63, 3.8) is 0 Å². The smallest absolute Gasteiger partial charge is 0.287 e. The van der Waals surface area contributed by atoms with Gasteiger partial charge >= 0.3 is 0 Å². The summed E-state index contributed by atoms with van der Waals surface area (Å²) >= 11 is 0. The van der Waals surface area contributed by atoms with Crippen LogP contribution in [0, 0.1) is 10.1 Å². The summed E-state index contributed by atoms with van der Waals surface area (Å²) < 4.78 is 0. The Morgan fingerprint density at radius 1 is 1.30 bits per heavy atom. The summed E-state index contributed by atoms with van der Waals surface area (Å²) in [6.07, 6.45) is 2.33. The second kappa shape index (κ2) is 6.75. The third-order valence-corrected chi connectivity index (χ3v) is 4.36. The highest BCUT2D eigenvalue weighted by Gasteiger charge is 2.26. The minimum atomic E-state index is -0.435. The molecule has 0 spiro atoms. The van der Waals surface area contributed by atoms with Crippen LogP contribution in [0.1, 0.15) is 24.9 Å². The molecule has 1 saturated heterocycles. The van der Waals surface area contributed by atoms with E-state index in [-0.39, 0.29) is 5.69 Å². The van der Waals surface area contributed by atoms with E-state index in [2.05, 4.69) is 46.4 Å². The van der Waals surface area contributed by atoms with E-state index in [4.69, 9.17) is 0 Å². The molecule has 0 amide bonds. The second-order valence-corrected chi connectivity index (χ2v) is 5.87. The molecule has 2 unspecified atom stereocenters. The minimum Gasteiger partial charge on any atom is -0.366 e. The van der Waals surface area contributed by atoms with Crippen LogP contribution in [0.15, 0.2) is 48.7 Å². The predicted molar refractivity (Wildman–Crippen MR) is 89.3 cm³/mol. The van der Waals surface area contributed by atoms with Crippen LogP contribution in [-0.4, -0.2) is 33.9 Å². The summed E-state index contributed by atoms with van der Waals surface area (Å²) in [5.74, 6) is 0.690. The lowest BCUT2D eigenvalue weighted by Gasteiger charge is -2.24. The van der Waals surface area contributed by atoms with Gasteiger partial charge in [0.15, 0.2) is 0 Å². The van der Waals surface area contributed by atoms with Gasteiger partial charge in [0, 0.05) is 31.2 Å². The number of pyridine rings is 1. The quantitative estimate of drug-likeness (QED) is 0.678. The molecule has 120 valence electrons. The van der Waals surface area contributed by atoms with Crippen LogP contribution in [0.2, 0.25) is 0 Å². The highest BCUT2D eigenvalue weighted by molar-refractivity contribution is 5.41. The van der Waals surface area contributed by atoms with E-state index < -0.39 is 4.92 Å². The van der Waals surface area contributed by atoms with Crippen LogP contribution in [0.25, 0.3) is 0 Å². The summed E-state index contributed by atoms with van der Waals surface area (Å²) in [7, 11) is 0. The van der Waals surface area contributed by atoms with E-state index in [0.29, 0.717) is 17.9 Å². The molecule has 1 aliphatic heterocycles. The van der Waals surface area contributed by atoms with Gasteiger partial charge in [0.05, 0.1) is 4.92 Å². The molecule has 23 heavy (non-hydrogen) atoms. The minimum absolute atomic E-state index is 0.0151. The van der Waals surface area contributed by atoms with Gasteiger partial charge in [-0.2, -0.15) is 0 Å². The zero-order valence-corrected chi connectivity index (χ0v) is 13.1. The van der Waals surface area contributed by atoms with Gasteiger partial charge in [-0.15, -0.1) is 0 Å². The Morgan fingerprint density at radius 2 is 2.09 bits per heavy atom. The molecule has 0 radical (unpaired) electrons. The number of hydrogen-bond acceptors (Lipinski definition) is 5. The molecule has 2 atom stereocenters. The van der Waals surface area contributed by atoms with Crippen molar-refractivity contribution in [1.82, 2.24) is 9.88 Å². The molecule has 0 bridgehead atoms. The highest BCUT2D eigenvalue weighted by atomic mass is 16.6. The van der Waals surface area contributed by atoms with Gasteiger partial charge in [-0.3, -0.25) is 15.0 Å². The average Bonchev–Trinajstić information content (AvgIpc) is 3.04. The fourth-order valence-electron chi connectivity index (χ4n) is 2.99. The van der Waals surface area contributed by atoms with Crippen LogP contribution in [-0.2, 0) is 0 Å². The molecule has 6 nitrogen and oxygen atoms in total. The maximum absolute atomic E-state index is 10.6. The first-order valence-electron chi connectivity index (χ1n) is 7.79. The summed E-state index contributed by atoms with van der Waals surface area (Å²) in [5, 5.41) is 14.0. The predicted octanol–water partition coefficient (Wildman–Crippen LogP) is 3.24. The van der Waals surface area contributed by atoms with E-state index in [1.807, 2.05) is 6.07 Å². The van der Waals surface area contributed by atoms with Crippen LogP contribution in [0.4, 0.5) is 11.5 Å². The summed E-state index contributed by atoms with van der Waals surface area (Å²) in [4.78, 5) is 16.8. The molecule has 6 heteroatoms. The summed E-state index contributed by atoms with van der Waals surface area (Å²) in [6, 6.07) is 14.3. The number of hydrogen-bond donors (Lipinski definition) is 1. The molecule has 1 aromatic carbocycles. The van der Waals surface area contributed by atoms with Crippen LogP contribution < -0.4 is 5.32 Å². The van der Waals surface area contributed by atoms with Gasteiger partial charge in [0.2, 0.25) is 0 Å².